The lowest BCUT2D eigenvalue weighted by Gasteiger charge is -2.15. The summed E-state index contributed by atoms with van der Waals surface area (Å²) in [6.45, 7) is 3.86. The summed E-state index contributed by atoms with van der Waals surface area (Å²) in [6.07, 6.45) is 1.51. The van der Waals surface area contributed by atoms with Crippen molar-refractivity contribution in [3.63, 3.8) is 0 Å². The molecule has 25 heavy (non-hydrogen) atoms. The van der Waals surface area contributed by atoms with Crippen LogP contribution in [-0.4, -0.2) is 32.4 Å². The number of hydrogen-bond donors (Lipinski definition) is 1. The Bertz CT molecular complexity index is 757. The zero-order valence-electron chi connectivity index (χ0n) is 14.8. The predicted molar refractivity (Wildman–Crippen MR) is 96.8 cm³/mol. The molecule has 0 aromatic heterocycles. The molecule has 0 atom stereocenters. The number of hydrogen-bond acceptors (Lipinski definition) is 5. The van der Waals surface area contributed by atoms with Gasteiger partial charge in [-0.3, -0.25) is 4.79 Å². The molecule has 0 bridgehead atoms. The fraction of sp³-hybridized carbons (Fsp3) is 0.263. The van der Waals surface area contributed by atoms with Gasteiger partial charge in [-0.15, -0.1) is 0 Å². The molecule has 2 rings (SSSR count). The van der Waals surface area contributed by atoms with E-state index in [1.54, 1.807) is 38.5 Å². The third-order valence-electron chi connectivity index (χ3n) is 3.28. The molecule has 0 unspecified atom stereocenters. The van der Waals surface area contributed by atoms with Crippen molar-refractivity contribution in [2.75, 3.05) is 14.2 Å². The van der Waals surface area contributed by atoms with Gasteiger partial charge in [-0.2, -0.15) is 5.10 Å². The highest BCUT2D eigenvalue weighted by atomic mass is 16.5. The number of para-hydroxylation sites is 1. The van der Waals surface area contributed by atoms with Crippen LogP contribution in [0.25, 0.3) is 0 Å². The van der Waals surface area contributed by atoms with E-state index >= 15 is 0 Å². The van der Waals surface area contributed by atoms with Crippen LogP contribution in [-0.2, 0) is 0 Å². The lowest BCUT2D eigenvalue weighted by molar-refractivity contribution is 0.0954. The highest BCUT2D eigenvalue weighted by Crippen LogP contribution is 2.30. The Morgan fingerprint density at radius 3 is 2.56 bits per heavy atom. The van der Waals surface area contributed by atoms with Crippen LogP contribution in [0.4, 0.5) is 0 Å². The number of carbonyl (C=O) groups is 1. The van der Waals surface area contributed by atoms with Crippen LogP contribution in [0.15, 0.2) is 47.6 Å². The quantitative estimate of drug-likeness (QED) is 0.619. The van der Waals surface area contributed by atoms with Gasteiger partial charge in [-0.05, 0) is 44.2 Å². The molecule has 0 spiro atoms. The predicted octanol–water partition coefficient (Wildman–Crippen LogP) is 3.25. The van der Waals surface area contributed by atoms with Gasteiger partial charge in [0.2, 0.25) is 0 Å². The minimum atomic E-state index is -0.329. The first-order valence-corrected chi connectivity index (χ1v) is 7.86. The van der Waals surface area contributed by atoms with Crippen molar-refractivity contribution >= 4 is 12.1 Å². The number of hydrazone groups is 1. The van der Waals surface area contributed by atoms with Crippen molar-refractivity contribution in [2.24, 2.45) is 5.10 Å². The van der Waals surface area contributed by atoms with Gasteiger partial charge in [-0.25, -0.2) is 5.43 Å². The summed E-state index contributed by atoms with van der Waals surface area (Å²) in [4.78, 5) is 12.2. The van der Waals surface area contributed by atoms with Gasteiger partial charge in [0.15, 0.2) is 11.5 Å². The number of methoxy groups -OCH3 is 2. The maximum Gasteiger partial charge on any atom is 0.271 e. The Morgan fingerprint density at radius 2 is 1.88 bits per heavy atom. The second-order valence-corrected chi connectivity index (χ2v) is 5.48. The maximum absolute atomic E-state index is 12.2. The van der Waals surface area contributed by atoms with Crippen LogP contribution in [0.1, 0.15) is 29.8 Å². The maximum atomic E-state index is 12.2. The smallest absolute Gasteiger partial charge is 0.271 e. The Hall–Kier alpha value is -3.02. The average Bonchev–Trinajstić information content (AvgIpc) is 2.62. The number of amides is 1. The van der Waals surface area contributed by atoms with Gasteiger partial charge in [-0.1, -0.05) is 12.1 Å². The molecule has 1 N–H and O–H groups in total. The first-order chi connectivity index (χ1) is 12.0. The van der Waals surface area contributed by atoms with Crippen molar-refractivity contribution in [1.82, 2.24) is 5.43 Å². The SMILES string of the molecule is COc1cccc(C(=O)N/N=C\c2cccc(OC)c2OC(C)C)c1. The number of nitrogens with one attached hydrogen (secondary N) is 1. The Kier molecular flexibility index (Phi) is 6.39. The van der Waals surface area contributed by atoms with Crippen molar-refractivity contribution < 1.29 is 19.0 Å². The van der Waals surface area contributed by atoms with Gasteiger partial charge in [0.1, 0.15) is 5.75 Å². The van der Waals surface area contributed by atoms with E-state index < -0.39 is 0 Å². The van der Waals surface area contributed by atoms with Crippen LogP contribution in [0.2, 0.25) is 0 Å². The topological polar surface area (TPSA) is 69.2 Å². The van der Waals surface area contributed by atoms with Gasteiger partial charge in [0.05, 0.1) is 26.5 Å². The minimum Gasteiger partial charge on any atom is -0.497 e. The van der Waals surface area contributed by atoms with Crippen molar-refractivity contribution in [3.8, 4) is 17.2 Å². The molecule has 0 radical (unpaired) electrons. The molecule has 2 aromatic rings. The van der Waals surface area contributed by atoms with Crippen molar-refractivity contribution in [2.45, 2.75) is 20.0 Å². The fourth-order valence-corrected chi connectivity index (χ4v) is 2.15. The van der Waals surface area contributed by atoms with E-state index in [1.165, 1.54) is 6.21 Å². The summed E-state index contributed by atoms with van der Waals surface area (Å²) in [5.74, 6) is 1.47. The zero-order valence-corrected chi connectivity index (χ0v) is 14.8. The third kappa shape index (κ3) is 4.97. The van der Waals surface area contributed by atoms with Gasteiger partial charge in [0.25, 0.3) is 5.91 Å². The first kappa shape index (κ1) is 18.3. The molecule has 6 nitrogen and oxygen atoms in total. The zero-order chi connectivity index (χ0) is 18.2. The van der Waals surface area contributed by atoms with Crippen molar-refractivity contribution in [1.29, 1.82) is 0 Å². The van der Waals surface area contributed by atoms with E-state index in [1.807, 2.05) is 32.0 Å². The lowest BCUT2D eigenvalue weighted by Crippen LogP contribution is -2.17. The largest absolute Gasteiger partial charge is 0.497 e. The third-order valence-corrected chi connectivity index (χ3v) is 3.28. The summed E-state index contributed by atoms with van der Waals surface area (Å²) < 4.78 is 16.2. The van der Waals surface area contributed by atoms with E-state index in [4.69, 9.17) is 14.2 Å². The molecule has 0 aliphatic heterocycles. The number of rotatable bonds is 7. The summed E-state index contributed by atoms with van der Waals surface area (Å²) in [5, 5.41) is 4.02. The van der Waals surface area contributed by atoms with E-state index in [9.17, 15) is 4.79 Å². The van der Waals surface area contributed by atoms with E-state index in [0.717, 1.165) is 0 Å². The molecular weight excluding hydrogens is 320 g/mol. The van der Waals surface area contributed by atoms with Gasteiger partial charge in [0, 0.05) is 11.1 Å². The van der Waals surface area contributed by atoms with Crippen LogP contribution in [0, 0.1) is 0 Å². The van der Waals surface area contributed by atoms with E-state index in [-0.39, 0.29) is 12.0 Å². The number of benzene rings is 2. The molecule has 6 heteroatoms. The second kappa shape index (κ2) is 8.73. The summed E-state index contributed by atoms with van der Waals surface area (Å²) in [5.41, 5.74) is 3.66. The van der Waals surface area contributed by atoms with Crippen LogP contribution < -0.4 is 19.6 Å². The standard InChI is InChI=1S/C19H22N2O4/c1-13(2)25-18-15(8-6-10-17(18)24-4)12-20-21-19(22)14-7-5-9-16(11-14)23-3/h5-13H,1-4H3,(H,21,22)/b20-12-. The lowest BCUT2D eigenvalue weighted by atomic mass is 10.2. The Labute approximate surface area is 147 Å². The molecule has 132 valence electrons. The summed E-state index contributed by atoms with van der Waals surface area (Å²) in [6, 6.07) is 12.3. The molecule has 0 aliphatic rings. The normalized spacial score (nSPS) is 10.8. The molecule has 0 saturated carbocycles. The first-order valence-electron chi connectivity index (χ1n) is 7.86. The number of carbonyl (C=O) groups excluding carboxylic acids is 1. The van der Waals surface area contributed by atoms with Crippen molar-refractivity contribution in [3.05, 3.63) is 53.6 Å². The molecule has 0 fully saturated rings. The molecule has 1 amide bonds. The highest BCUT2D eigenvalue weighted by molar-refractivity contribution is 5.95. The molecular formula is C19H22N2O4. The van der Waals surface area contributed by atoms with Crippen LogP contribution in [0.5, 0.6) is 17.2 Å². The minimum absolute atomic E-state index is 0.0187. The van der Waals surface area contributed by atoms with Crippen LogP contribution >= 0.6 is 0 Å². The van der Waals surface area contributed by atoms with Gasteiger partial charge < -0.3 is 14.2 Å². The Balaban J connectivity index is 2.14. The average molecular weight is 342 g/mol. The molecule has 0 saturated heterocycles. The fourth-order valence-electron chi connectivity index (χ4n) is 2.15. The summed E-state index contributed by atoms with van der Waals surface area (Å²) in [7, 11) is 3.13. The molecule has 2 aromatic carbocycles. The summed E-state index contributed by atoms with van der Waals surface area (Å²) >= 11 is 0. The van der Waals surface area contributed by atoms with Crippen LogP contribution in [0.3, 0.4) is 0 Å². The number of nitrogens with zero attached hydrogens (tertiary/aromatic N) is 1. The Morgan fingerprint density at radius 1 is 1.12 bits per heavy atom. The molecule has 0 aliphatic carbocycles. The number of ether oxygens (including phenoxy) is 3. The monoisotopic (exact) mass is 342 g/mol. The van der Waals surface area contributed by atoms with E-state index in [2.05, 4.69) is 10.5 Å². The second-order valence-electron chi connectivity index (χ2n) is 5.48. The highest BCUT2D eigenvalue weighted by Gasteiger charge is 2.11. The van der Waals surface area contributed by atoms with E-state index in [0.29, 0.717) is 28.4 Å². The van der Waals surface area contributed by atoms with Gasteiger partial charge >= 0.3 is 0 Å². The molecule has 0 heterocycles.